The molecule has 0 spiro atoms. The van der Waals surface area contributed by atoms with Gasteiger partial charge in [-0.3, -0.25) is 4.90 Å². The number of halogens is 1. The third-order valence-corrected chi connectivity index (χ3v) is 3.49. The highest BCUT2D eigenvalue weighted by Crippen LogP contribution is 2.27. The van der Waals surface area contributed by atoms with Crippen molar-refractivity contribution in [1.29, 1.82) is 0 Å². The minimum atomic E-state index is 0.430. The number of hydrogen-bond acceptors (Lipinski definition) is 1. The van der Waals surface area contributed by atoms with Crippen LogP contribution < -0.4 is 4.90 Å². The Morgan fingerprint density at radius 1 is 1.00 bits per heavy atom. The van der Waals surface area contributed by atoms with E-state index in [2.05, 4.69) is 6.58 Å². The lowest BCUT2D eigenvalue weighted by Crippen LogP contribution is -2.25. The van der Waals surface area contributed by atoms with E-state index in [1.54, 1.807) is 0 Å². The van der Waals surface area contributed by atoms with Crippen LogP contribution in [0.15, 0.2) is 65.3 Å². The van der Waals surface area contributed by atoms with Gasteiger partial charge in [-0.15, -0.1) is 0 Å². The molecule has 0 saturated carbocycles. The Kier molecular flexibility index (Phi) is 4.81. The molecule has 0 aliphatic rings. The molecule has 0 atom stereocenters. The lowest BCUT2D eigenvalue weighted by molar-refractivity contribution is 1.24. The molecular formula is C18H19ClN2. The zero-order valence-electron chi connectivity index (χ0n) is 12.6. The van der Waals surface area contributed by atoms with Gasteiger partial charge in [-0.05, 0) is 44.0 Å². The van der Waals surface area contributed by atoms with E-state index in [9.17, 15) is 0 Å². The molecule has 21 heavy (non-hydrogen) atoms. The molecule has 0 unspecified atom stereocenters. The van der Waals surface area contributed by atoms with Crippen molar-refractivity contribution in [2.75, 3.05) is 4.90 Å². The first-order valence-electron chi connectivity index (χ1n) is 6.82. The van der Waals surface area contributed by atoms with Crippen LogP contribution in [0.2, 0.25) is 0 Å². The highest BCUT2D eigenvalue weighted by atomic mass is 35.5. The normalized spacial score (nSPS) is 11.3. The molecule has 0 aromatic heterocycles. The molecule has 0 heterocycles. The highest BCUT2D eigenvalue weighted by Gasteiger charge is 2.14. The Hall–Kier alpha value is -2.06. The summed E-state index contributed by atoms with van der Waals surface area (Å²) in [4.78, 5) is 6.56. The lowest BCUT2D eigenvalue weighted by Gasteiger charge is -2.24. The fraction of sp³-hybridized carbons (Fsp3) is 0.167. The van der Waals surface area contributed by atoms with Crippen molar-refractivity contribution in [3.8, 4) is 0 Å². The van der Waals surface area contributed by atoms with Crippen molar-refractivity contribution in [3.63, 3.8) is 0 Å². The summed E-state index contributed by atoms with van der Waals surface area (Å²) in [6.45, 7) is 9.89. The van der Waals surface area contributed by atoms with Crippen molar-refractivity contribution < 1.29 is 0 Å². The number of amidine groups is 1. The summed E-state index contributed by atoms with van der Waals surface area (Å²) in [7, 11) is 0. The first-order chi connectivity index (χ1) is 10.0. The summed E-state index contributed by atoms with van der Waals surface area (Å²) in [6, 6.07) is 16.1. The number of rotatable bonds is 3. The molecule has 2 rings (SSSR count). The van der Waals surface area contributed by atoms with Gasteiger partial charge in [0.25, 0.3) is 0 Å². The summed E-state index contributed by atoms with van der Waals surface area (Å²) in [6.07, 6.45) is 0. The van der Waals surface area contributed by atoms with Crippen molar-refractivity contribution in [3.05, 3.63) is 71.4 Å². The quantitative estimate of drug-likeness (QED) is 0.411. The van der Waals surface area contributed by atoms with E-state index in [1.807, 2.05) is 74.2 Å². The van der Waals surface area contributed by atoms with E-state index >= 15 is 0 Å². The van der Waals surface area contributed by atoms with Gasteiger partial charge in [0, 0.05) is 0 Å². The number of para-hydroxylation sites is 2. The Morgan fingerprint density at radius 2 is 1.57 bits per heavy atom. The Labute approximate surface area is 131 Å². The molecule has 108 valence electrons. The Balaban J connectivity index is 2.47. The molecule has 0 N–H and O–H groups in total. The van der Waals surface area contributed by atoms with E-state index in [0.717, 1.165) is 28.3 Å². The van der Waals surface area contributed by atoms with Crippen LogP contribution in [0.25, 0.3) is 0 Å². The number of hydrogen-bond donors (Lipinski definition) is 0. The topological polar surface area (TPSA) is 15.6 Å². The molecule has 0 saturated heterocycles. The number of aryl methyl sites for hydroxylation is 2. The average molecular weight is 299 g/mol. The molecule has 0 amide bonds. The molecule has 0 radical (unpaired) electrons. The number of nitrogens with zero attached hydrogens (tertiary/aromatic N) is 2. The van der Waals surface area contributed by atoms with E-state index < -0.39 is 0 Å². The van der Waals surface area contributed by atoms with Gasteiger partial charge >= 0.3 is 0 Å². The van der Waals surface area contributed by atoms with Crippen LogP contribution in [0.1, 0.15) is 18.1 Å². The average Bonchev–Trinajstić information content (AvgIpc) is 2.43. The van der Waals surface area contributed by atoms with Crippen LogP contribution in [0, 0.1) is 13.8 Å². The molecule has 0 aliphatic heterocycles. The SMILES string of the molecule is C=C(Cl)N(C(C)=Nc1ccccc1C)c1ccccc1C. The van der Waals surface area contributed by atoms with Gasteiger partial charge in [0.05, 0.1) is 11.4 Å². The first-order valence-corrected chi connectivity index (χ1v) is 7.19. The van der Waals surface area contributed by atoms with Crippen LogP contribution >= 0.6 is 11.6 Å². The minimum Gasteiger partial charge on any atom is -0.289 e. The number of aliphatic imine (C=N–C) groups is 1. The van der Waals surface area contributed by atoms with E-state index in [0.29, 0.717) is 5.16 Å². The molecule has 3 heteroatoms. The van der Waals surface area contributed by atoms with Gasteiger partial charge in [0.1, 0.15) is 11.0 Å². The van der Waals surface area contributed by atoms with Crippen LogP contribution in [-0.4, -0.2) is 5.84 Å². The van der Waals surface area contributed by atoms with Gasteiger partial charge in [0.15, 0.2) is 0 Å². The summed E-state index contributed by atoms with van der Waals surface area (Å²) in [5, 5.41) is 0.430. The van der Waals surface area contributed by atoms with Gasteiger partial charge in [-0.2, -0.15) is 0 Å². The predicted molar refractivity (Wildman–Crippen MR) is 92.6 cm³/mol. The minimum absolute atomic E-state index is 0.430. The fourth-order valence-corrected chi connectivity index (χ4v) is 2.42. The second-order valence-electron chi connectivity index (χ2n) is 4.94. The van der Waals surface area contributed by atoms with Crippen LogP contribution in [0.5, 0.6) is 0 Å². The summed E-state index contributed by atoms with van der Waals surface area (Å²) in [5.74, 6) is 0.790. The van der Waals surface area contributed by atoms with Gasteiger partial charge < -0.3 is 0 Å². The first kappa shape index (κ1) is 15.3. The Morgan fingerprint density at radius 3 is 2.14 bits per heavy atom. The second kappa shape index (κ2) is 6.59. The molecule has 0 aliphatic carbocycles. The molecule has 2 aromatic carbocycles. The Bertz CT molecular complexity index is 689. The van der Waals surface area contributed by atoms with E-state index in [1.165, 1.54) is 0 Å². The smallest absolute Gasteiger partial charge is 0.111 e. The van der Waals surface area contributed by atoms with Gasteiger partial charge in [0.2, 0.25) is 0 Å². The number of benzene rings is 2. The van der Waals surface area contributed by atoms with Crippen molar-refractivity contribution in [1.82, 2.24) is 0 Å². The van der Waals surface area contributed by atoms with Gasteiger partial charge in [-0.25, -0.2) is 4.99 Å². The van der Waals surface area contributed by atoms with E-state index in [-0.39, 0.29) is 0 Å². The summed E-state index contributed by atoms with van der Waals surface area (Å²) < 4.78 is 0. The van der Waals surface area contributed by atoms with Crippen molar-refractivity contribution in [2.24, 2.45) is 4.99 Å². The van der Waals surface area contributed by atoms with Crippen LogP contribution in [0.4, 0.5) is 11.4 Å². The maximum absolute atomic E-state index is 6.20. The van der Waals surface area contributed by atoms with Crippen LogP contribution in [-0.2, 0) is 0 Å². The second-order valence-corrected chi connectivity index (χ2v) is 5.38. The monoisotopic (exact) mass is 298 g/mol. The number of anilines is 1. The standard InChI is InChI=1S/C18H19ClN2/c1-13-9-5-7-11-17(13)20-16(4)21(15(3)19)18-12-8-6-10-14(18)2/h5-12H,3H2,1-2,4H3. The van der Waals surface area contributed by atoms with Crippen molar-refractivity contribution in [2.45, 2.75) is 20.8 Å². The zero-order valence-corrected chi connectivity index (χ0v) is 13.4. The van der Waals surface area contributed by atoms with Gasteiger partial charge in [-0.1, -0.05) is 54.6 Å². The molecule has 2 nitrogen and oxygen atoms in total. The van der Waals surface area contributed by atoms with E-state index in [4.69, 9.17) is 16.6 Å². The third kappa shape index (κ3) is 3.53. The zero-order chi connectivity index (χ0) is 15.4. The maximum atomic E-state index is 6.20. The molecular weight excluding hydrogens is 280 g/mol. The molecule has 2 aromatic rings. The fourth-order valence-electron chi connectivity index (χ4n) is 2.21. The molecule has 0 bridgehead atoms. The van der Waals surface area contributed by atoms with Crippen molar-refractivity contribution >= 4 is 28.8 Å². The largest absolute Gasteiger partial charge is 0.289 e. The van der Waals surface area contributed by atoms with Crippen LogP contribution in [0.3, 0.4) is 0 Å². The summed E-state index contributed by atoms with van der Waals surface area (Å²) in [5.41, 5.74) is 4.18. The highest BCUT2D eigenvalue weighted by molar-refractivity contribution is 6.33. The third-order valence-electron chi connectivity index (χ3n) is 3.32. The lowest BCUT2D eigenvalue weighted by atomic mass is 10.2. The predicted octanol–water partition coefficient (Wildman–Crippen LogP) is 5.57. The molecule has 0 fully saturated rings. The maximum Gasteiger partial charge on any atom is 0.111 e. The summed E-state index contributed by atoms with van der Waals surface area (Å²) >= 11 is 6.20.